The molecule has 0 saturated heterocycles. The van der Waals surface area contributed by atoms with Gasteiger partial charge in [0.1, 0.15) is 11.6 Å². The Hall–Kier alpha value is -2.77. The van der Waals surface area contributed by atoms with Gasteiger partial charge in [0.15, 0.2) is 5.78 Å². The molecule has 0 bridgehead atoms. The summed E-state index contributed by atoms with van der Waals surface area (Å²) in [5, 5.41) is 0. The fraction of sp³-hybridized carbons (Fsp3) is 0.105. The van der Waals surface area contributed by atoms with E-state index in [1.54, 1.807) is 12.1 Å². The Morgan fingerprint density at radius 2 is 1.61 bits per heavy atom. The van der Waals surface area contributed by atoms with Crippen LogP contribution in [0.15, 0.2) is 60.2 Å². The molecule has 23 heavy (non-hydrogen) atoms. The third kappa shape index (κ3) is 4.87. The molecule has 0 aliphatic heterocycles. The molecule has 0 heterocycles. The average molecular weight is 312 g/mol. The van der Waals surface area contributed by atoms with Crippen LogP contribution in [-0.2, 0) is 4.74 Å². The van der Waals surface area contributed by atoms with Crippen molar-refractivity contribution in [3.8, 4) is 11.8 Å². The van der Waals surface area contributed by atoms with Crippen LogP contribution < -0.4 is 0 Å². The number of benzene rings is 2. The highest BCUT2D eigenvalue weighted by Gasteiger charge is 2.11. The van der Waals surface area contributed by atoms with Gasteiger partial charge < -0.3 is 4.74 Å². The second-order valence-electron chi connectivity index (χ2n) is 4.71. The highest BCUT2D eigenvalue weighted by Crippen LogP contribution is 2.10. The zero-order chi connectivity index (χ0) is 16.7. The first-order valence-electron chi connectivity index (χ1n) is 6.85. The first-order chi connectivity index (χ1) is 11.1. The number of methoxy groups -OCH3 is 1. The number of carbonyl (C=O) groups is 1. The quantitative estimate of drug-likeness (QED) is 0.488. The van der Waals surface area contributed by atoms with Crippen molar-refractivity contribution >= 4 is 5.78 Å². The van der Waals surface area contributed by atoms with E-state index in [-0.39, 0.29) is 18.2 Å². The molecule has 0 radical (unpaired) electrons. The van der Waals surface area contributed by atoms with Crippen LogP contribution >= 0.6 is 0 Å². The van der Waals surface area contributed by atoms with Gasteiger partial charge in [0.05, 0.1) is 6.61 Å². The fourth-order valence-corrected chi connectivity index (χ4v) is 1.85. The van der Waals surface area contributed by atoms with Gasteiger partial charge in [-0.2, -0.15) is 0 Å². The van der Waals surface area contributed by atoms with Gasteiger partial charge in [-0.05, 0) is 54.6 Å². The molecule has 2 aromatic carbocycles. The molecule has 2 nitrogen and oxygen atoms in total. The van der Waals surface area contributed by atoms with Crippen molar-refractivity contribution in [2.45, 2.75) is 0 Å². The Labute approximate surface area is 133 Å². The van der Waals surface area contributed by atoms with Crippen molar-refractivity contribution in [3.63, 3.8) is 0 Å². The van der Waals surface area contributed by atoms with E-state index < -0.39 is 5.82 Å². The molecule has 0 aliphatic rings. The summed E-state index contributed by atoms with van der Waals surface area (Å²) in [4.78, 5) is 12.3. The predicted molar refractivity (Wildman–Crippen MR) is 84.0 cm³/mol. The molecule has 0 atom stereocenters. The molecule has 0 aromatic heterocycles. The van der Waals surface area contributed by atoms with Gasteiger partial charge in [0, 0.05) is 23.8 Å². The van der Waals surface area contributed by atoms with Crippen LogP contribution in [0.1, 0.15) is 15.9 Å². The smallest absolute Gasteiger partial charge is 0.191 e. The lowest BCUT2D eigenvalue weighted by atomic mass is 10.0. The van der Waals surface area contributed by atoms with Crippen LogP contribution in [0.5, 0.6) is 0 Å². The Bertz CT molecular complexity index is 764. The van der Waals surface area contributed by atoms with Crippen molar-refractivity contribution in [2.75, 3.05) is 13.7 Å². The molecule has 0 fully saturated rings. The summed E-state index contributed by atoms with van der Waals surface area (Å²) in [6, 6.07) is 11.0. The number of ketones is 1. The summed E-state index contributed by atoms with van der Waals surface area (Å²) in [5.41, 5.74) is 1.35. The van der Waals surface area contributed by atoms with Gasteiger partial charge in [-0.1, -0.05) is 11.8 Å². The molecule has 0 unspecified atom stereocenters. The Morgan fingerprint density at radius 1 is 1.04 bits per heavy atom. The van der Waals surface area contributed by atoms with Crippen LogP contribution in [0.3, 0.4) is 0 Å². The Kier molecular flexibility index (Phi) is 5.79. The average Bonchev–Trinajstić information content (AvgIpc) is 2.56. The number of hydrogen-bond donors (Lipinski definition) is 0. The molecule has 0 amide bonds. The van der Waals surface area contributed by atoms with Gasteiger partial charge in [-0.25, -0.2) is 8.78 Å². The van der Waals surface area contributed by atoms with E-state index in [1.165, 1.54) is 49.6 Å². The molecule has 2 aromatic rings. The molecule has 0 N–H and O–H groups in total. The van der Waals surface area contributed by atoms with Crippen molar-refractivity contribution < 1.29 is 18.3 Å². The number of rotatable bonds is 4. The van der Waals surface area contributed by atoms with Gasteiger partial charge in [0.25, 0.3) is 0 Å². The SMILES string of the molecule is COC/C(=C\C#Cc1ccc(F)cc1)C(=O)c1ccc(F)cc1. The molecular formula is C19H14F2O2. The number of allylic oxidation sites excluding steroid dienone is 1. The maximum atomic E-state index is 12.9. The number of halogens is 2. The number of ether oxygens (including phenoxy) is 1. The summed E-state index contributed by atoms with van der Waals surface area (Å²) >= 11 is 0. The standard InChI is InChI=1S/C19H14F2O2/c1-23-13-16(19(22)15-7-11-18(21)12-8-15)4-2-3-14-5-9-17(20)10-6-14/h4-12H,13H2,1H3/b16-4+. The van der Waals surface area contributed by atoms with Gasteiger partial charge >= 0.3 is 0 Å². The molecule has 0 spiro atoms. The monoisotopic (exact) mass is 312 g/mol. The van der Waals surface area contributed by atoms with Crippen molar-refractivity contribution in [1.29, 1.82) is 0 Å². The molecule has 2 rings (SSSR count). The zero-order valence-electron chi connectivity index (χ0n) is 12.5. The summed E-state index contributed by atoms with van der Waals surface area (Å²) in [6.45, 7) is 0.0916. The lowest BCUT2D eigenvalue weighted by Crippen LogP contribution is -2.08. The second kappa shape index (κ2) is 8.02. The fourth-order valence-electron chi connectivity index (χ4n) is 1.85. The second-order valence-corrected chi connectivity index (χ2v) is 4.71. The van der Waals surface area contributed by atoms with E-state index >= 15 is 0 Å². The molecule has 0 aliphatic carbocycles. The normalized spacial score (nSPS) is 10.8. The number of hydrogen-bond acceptors (Lipinski definition) is 2. The van der Waals surface area contributed by atoms with E-state index in [9.17, 15) is 13.6 Å². The number of Topliss-reactive ketones (excluding diaryl/α,β-unsaturated/α-hetero) is 1. The Morgan fingerprint density at radius 3 is 2.17 bits per heavy atom. The van der Waals surface area contributed by atoms with Gasteiger partial charge in [0.2, 0.25) is 0 Å². The zero-order valence-corrected chi connectivity index (χ0v) is 12.5. The highest BCUT2D eigenvalue weighted by molar-refractivity contribution is 6.09. The Balaban J connectivity index is 2.22. The summed E-state index contributed by atoms with van der Waals surface area (Å²) < 4.78 is 30.7. The van der Waals surface area contributed by atoms with Crippen LogP contribution in [0, 0.1) is 23.5 Å². The molecule has 4 heteroatoms. The summed E-state index contributed by atoms with van der Waals surface area (Å²) in [6.07, 6.45) is 1.46. The van der Waals surface area contributed by atoms with Crippen molar-refractivity contribution in [3.05, 3.63) is 82.9 Å². The van der Waals surface area contributed by atoms with Gasteiger partial charge in [-0.15, -0.1) is 0 Å². The lowest BCUT2D eigenvalue weighted by Gasteiger charge is -2.04. The minimum Gasteiger partial charge on any atom is -0.380 e. The maximum absolute atomic E-state index is 12.9. The summed E-state index contributed by atoms with van der Waals surface area (Å²) in [7, 11) is 1.47. The molecule has 116 valence electrons. The van der Waals surface area contributed by atoms with Crippen LogP contribution in [0.25, 0.3) is 0 Å². The molecular weight excluding hydrogens is 298 g/mol. The van der Waals surface area contributed by atoms with Crippen LogP contribution in [0.4, 0.5) is 8.78 Å². The minimum absolute atomic E-state index is 0.0916. The van der Waals surface area contributed by atoms with Crippen LogP contribution in [0.2, 0.25) is 0 Å². The molecule has 0 saturated carbocycles. The maximum Gasteiger partial charge on any atom is 0.191 e. The largest absolute Gasteiger partial charge is 0.380 e. The first kappa shape index (κ1) is 16.6. The van der Waals surface area contributed by atoms with E-state index in [2.05, 4.69) is 11.8 Å². The highest BCUT2D eigenvalue weighted by atomic mass is 19.1. The van der Waals surface area contributed by atoms with Gasteiger partial charge in [-0.3, -0.25) is 4.79 Å². The third-order valence-electron chi connectivity index (χ3n) is 3.01. The lowest BCUT2D eigenvalue weighted by molar-refractivity contribution is 0.101. The predicted octanol–water partition coefficient (Wildman–Crippen LogP) is 3.77. The number of carbonyl (C=O) groups excluding carboxylic acids is 1. The summed E-state index contributed by atoms with van der Waals surface area (Å²) in [5.74, 6) is 4.55. The first-order valence-corrected chi connectivity index (χ1v) is 6.85. The topological polar surface area (TPSA) is 26.3 Å². The van der Waals surface area contributed by atoms with Crippen molar-refractivity contribution in [2.24, 2.45) is 0 Å². The third-order valence-corrected chi connectivity index (χ3v) is 3.01. The van der Waals surface area contributed by atoms with E-state index in [4.69, 9.17) is 4.74 Å². The van der Waals surface area contributed by atoms with E-state index in [0.29, 0.717) is 16.7 Å². The van der Waals surface area contributed by atoms with E-state index in [1.807, 2.05) is 0 Å². The van der Waals surface area contributed by atoms with Crippen LogP contribution in [-0.4, -0.2) is 19.5 Å². The minimum atomic E-state index is -0.407. The van der Waals surface area contributed by atoms with Crippen molar-refractivity contribution in [1.82, 2.24) is 0 Å². The van der Waals surface area contributed by atoms with E-state index in [0.717, 1.165) is 0 Å².